The third-order valence-electron chi connectivity index (χ3n) is 2.56. The highest BCUT2D eigenvalue weighted by Gasteiger charge is 2.12. The number of hydrogen-bond donors (Lipinski definition) is 1. The summed E-state index contributed by atoms with van der Waals surface area (Å²) in [5.74, 6) is 0. The Bertz CT molecular complexity index is 517. The van der Waals surface area contributed by atoms with Gasteiger partial charge >= 0.3 is 0 Å². The van der Waals surface area contributed by atoms with Gasteiger partial charge in [-0.15, -0.1) is 22.7 Å². The largest absolute Gasteiger partial charge is 0.310 e. The lowest BCUT2D eigenvalue weighted by atomic mass is 10.3. The summed E-state index contributed by atoms with van der Waals surface area (Å²) in [6, 6.07) is 2.65. The van der Waals surface area contributed by atoms with E-state index in [1.807, 2.05) is 11.3 Å². The van der Waals surface area contributed by atoms with E-state index in [9.17, 15) is 0 Å². The first-order valence-corrected chi connectivity index (χ1v) is 8.55. The number of thiazole rings is 1. The summed E-state index contributed by atoms with van der Waals surface area (Å²) in [5, 5.41) is 6.72. The molecule has 2 heterocycles. The lowest BCUT2D eigenvalue weighted by Gasteiger charge is -2.06. The van der Waals surface area contributed by atoms with Crippen LogP contribution in [0.2, 0.25) is 0 Å². The molecule has 0 fully saturated rings. The number of hydrogen-bond acceptors (Lipinski definition) is 4. The van der Waals surface area contributed by atoms with Crippen molar-refractivity contribution in [3.63, 3.8) is 0 Å². The van der Waals surface area contributed by atoms with Crippen LogP contribution in [-0.4, -0.2) is 11.0 Å². The fraction of sp³-hybridized carbons (Fsp3) is 0.462. The van der Waals surface area contributed by atoms with Crippen molar-refractivity contribution in [3.05, 3.63) is 26.5 Å². The van der Waals surface area contributed by atoms with Gasteiger partial charge in [-0.1, -0.05) is 20.8 Å². The molecule has 5 heteroatoms. The summed E-state index contributed by atoms with van der Waals surface area (Å²) in [5.41, 5.74) is 1.23. The molecule has 0 aliphatic carbocycles. The summed E-state index contributed by atoms with van der Waals surface area (Å²) >= 11 is 7.05. The van der Waals surface area contributed by atoms with Crippen molar-refractivity contribution in [3.8, 4) is 9.88 Å². The van der Waals surface area contributed by atoms with Crippen molar-refractivity contribution in [2.45, 2.75) is 39.8 Å². The van der Waals surface area contributed by atoms with Crippen molar-refractivity contribution < 1.29 is 0 Å². The van der Waals surface area contributed by atoms with Crippen molar-refractivity contribution in [2.75, 3.05) is 0 Å². The van der Waals surface area contributed by atoms with Gasteiger partial charge in [-0.3, -0.25) is 0 Å². The Labute approximate surface area is 125 Å². The predicted molar refractivity (Wildman–Crippen MR) is 84.5 cm³/mol. The molecule has 0 radical (unpaired) electrons. The van der Waals surface area contributed by atoms with Gasteiger partial charge in [0.2, 0.25) is 0 Å². The first kappa shape index (κ1) is 14.2. The molecule has 0 aromatic carbocycles. The minimum Gasteiger partial charge on any atom is -0.310 e. The lowest BCUT2D eigenvalue weighted by molar-refractivity contribution is 0.590. The minimum absolute atomic E-state index is 0.510. The fourth-order valence-electron chi connectivity index (χ4n) is 1.63. The predicted octanol–water partition coefficient (Wildman–Crippen LogP) is 4.69. The molecule has 0 aliphatic rings. The molecule has 0 aliphatic heterocycles. The number of aryl methyl sites for hydroxylation is 1. The zero-order valence-corrected chi connectivity index (χ0v) is 14.0. The van der Waals surface area contributed by atoms with E-state index < -0.39 is 0 Å². The molecule has 18 heavy (non-hydrogen) atoms. The summed E-state index contributed by atoms with van der Waals surface area (Å²) in [6.45, 7) is 7.43. The monoisotopic (exact) mass is 344 g/mol. The van der Waals surface area contributed by atoms with Gasteiger partial charge in [0.1, 0.15) is 5.01 Å². The maximum atomic E-state index is 4.76. The third-order valence-corrected chi connectivity index (χ3v) is 5.52. The Morgan fingerprint density at radius 1 is 1.44 bits per heavy atom. The van der Waals surface area contributed by atoms with Crippen LogP contribution in [-0.2, 0) is 13.0 Å². The van der Waals surface area contributed by atoms with Gasteiger partial charge in [0.15, 0.2) is 0 Å². The molecule has 0 saturated heterocycles. The maximum absolute atomic E-state index is 4.76. The third kappa shape index (κ3) is 3.41. The maximum Gasteiger partial charge on any atom is 0.133 e. The van der Waals surface area contributed by atoms with E-state index in [1.54, 1.807) is 11.3 Å². The Balaban J connectivity index is 2.23. The molecule has 0 bridgehead atoms. The molecule has 0 unspecified atom stereocenters. The summed E-state index contributed by atoms with van der Waals surface area (Å²) in [7, 11) is 0. The highest BCUT2D eigenvalue weighted by Crippen LogP contribution is 2.34. The standard InChI is InChI=1S/C13H17BrN2S2/c1-4-10-12(6-15-8(2)3)18-13(16-10)11-5-9(14)7-17-11/h5,7-8,15H,4,6H2,1-3H3. The molecule has 98 valence electrons. The molecule has 0 amide bonds. The van der Waals surface area contributed by atoms with E-state index in [1.165, 1.54) is 15.4 Å². The first-order valence-electron chi connectivity index (χ1n) is 6.06. The Morgan fingerprint density at radius 3 is 2.78 bits per heavy atom. The molecule has 1 N–H and O–H groups in total. The number of nitrogens with zero attached hydrogens (tertiary/aromatic N) is 1. The number of thiophene rings is 1. The molecular weight excluding hydrogens is 328 g/mol. The average molecular weight is 345 g/mol. The fourth-order valence-corrected chi connectivity index (χ4v) is 4.22. The smallest absolute Gasteiger partial charge is 0.133 e. The number of halogens is 1. The molecule has 2 aromatic heterocycles. The first-order chi connectivity index (χ1) is 8.60. The van der Waals surface area contributed by atoms with Gasteiger partial charge in [0.25, 0.3) is 0 Å². The van der Waals surface area contributed by atoms with Gasteiger partial charge in [-0.25, -0.2) is 4.98 Å². The van der Waals surface area contributed by atoms with E-state index in [2.05, 4.69) is 53.5 Å². The highest BCUT2D eigenvalue weighted by molar-refractivity contribution is 9.10. The molecule has 0 atom stereocenters. The number of aromatic nitrogens is 1. The Kier molecular flexibility index (Phi) is 4.95. The van der Waals surface area contributed by atoms with Crippen LogP contribution in [0.5, 0.6) is 0 Å². The normalized spacial score (nSPS) is 11.4. The summed E-state index contributed by atoms with van der Waals surface area (Å²) in [4.78, 5) is 7.37. The van der Waals surface area contributed by atoms with Crippen LogP contribution in [0.25, 0.3) is 9.88 Å². The topological polar surface area (TPSA) is 24.9 Å². The van der Waals surface area contributed by atoms with Crippen LogP contribution in [0, 0.1) is 0 Å². The van der Waals surface area contributed by atoms with Crippen LogP contribution >= 0.6 is 38.6 Å². The van der Waals surface area contributed by atoms with Crippen LogP contribution in [0.15, 0.2) is 15.9 Å². The van der Waals surface area contributed by atoms with E-state index in [0.29, 0.717) is 6.04 Å². The van der Waals surface area contributed by atoms with Gasteiger partial charge in [0.05, 0.1) is 10.6 Å². The zero-order chi connectivity index (χ0) is 13.1. The second-order valence-electron chi connectivity index (χ2n) is 4.41. The second-order valence-corrected chi connectivity index (χ2v) is 7.32. The van der Waals surface area contributed by atoms with Crippen molar-refractivity contribution >= 4 is 38.6 Å². The molecule has 2 rings (SSSR count). The van der Waals surface area contributed by atoms with Gasteiger partial charge in [-0.2, -0.15) is 0 Å². The summed E-state index contributed by atoms with van der Waals surface area (Å²) in [6.07, 6.45) is 0.998. The second kappa shape index (κ2) is 6.28. The molecular formula is C13H17BrN2S2. The lowest BCUT2D eigenvalue weighted by Crippen LogP contribution is -2.21. The number of rotatable bonds is 5. The quantitative estimate of drug-likeness (QED) is 0.850. The Hall–Kier alpha value is -0.230. The van der Waals surface area contributed by atoms with Crippen LogP contribution in [0.3, 0.4) is 0 Å². The van der Waals surface area contributed by atoms with Crippen molar-refractivity contribution in [2.24, 2.45) is 0 Å². The molecule has 2 aromatic rings. The SMILES string of the molecule is CCc1nc(-c2cc(Br)cs2)sc1CNC(C)C. The Morgan fingerprint density at radius 2 is 2.22 bits per heavy atom. The van der Waals surface area contributed by atoms with Crippen LogP contribution in [0.1, 0.15) is 31.3 Å². The van der Waals surface area contributed by atoms with E-state index in [-0.39, 0.29) is 0 Å². The number of nitrogens with one attached hydrogen (secondary N) is 1. The summed E-state index contributed by atoms with van der Waals surface area (Å²) < 4.78 is 1.14. The van der Waals surface area contributed by atoms with Crippen molar-refractivity contribution in [1.29, 1.82) is 0 Å². The van der Waals surface area contributed by atoms with E-state index >= 15 is 0 Å². The van der Waals surface area contributed by atoms with E-state index in [4.69, 9.17) is 4.98 Å². The average Bonchev–Trinajstić information content (AvgIpc) is 2.92. The highest BCUT2D eigenvalue weighted by atomic mass is 79.9. The van der Waals surface area contributed by atoms with Gasteiger partial charge in [0, 0.05) is 27.3 Å². The van der Waals surface area contributed by atoms with Crippen LogP contribution in [0.4, 0.5) is 0 Å². The minimum atomic E-state index is 0.510. The van der Waals surface area contributed by atoms with E-state index in [0.717, 1.165) is 22.4 Å². The van der Waals surface area contributed by atoms with Crippen LogP contribution < -0.4 is 5.32 Å². The molecule has 0 saturated carbocycles. The van der Waals surface area contributed by atoms with Crippen molar-refractivity contribution in [1.82, 2.24) is 10.3 Å². The van der Waals surface area contributed by atoms with Gasteiger partial charge < -0.3 is 5.32 Å². The zero-order valence-electron chi connectivity index (χ0n) is 10.8. The molecule has 2 nitrogen and oxygen atoms in total. The molecule has 0 spiro atoms. The van der Waals surface area contributed by atoms with Gasteiger partial charge in [-0.05, 0) is 28.4 Å².